The number of rotatable bonds is 3. The summed E-state index contributed by atoms with van der Waals surface area (Å²) in [5.74, 6) is -0.127. The molecular formula is C12H11ClN4O2. The predicted octanol–water partition coefficient (Wildman–Crippen LogP) is 2.24. The summed E-state index contributed by atoms with van der Waals surface area (Å²) in [6.07, 6.45) is 1.28. The summed E-state index contributed by atoms with van der Waals surface area (Å²) in [4.78, 5) is 19.4. The first-order valence-corrected chi connectivity index (χ1v) is 5.71. The molecule has 1 heterocycles. The van der Waals surface area contributed by atoms with Crippen LogP contribution in [-0.2, 0) is 4.74 Å². The van der Waals surface area contributed by atoms with Crippen LogP contribution in [0, 0.1) is 0 Å². The van der Waals surface area contributed by atoms with E-state index in [-0.39, 0.29) is 10.8 Å². The molecule has 0 radical (unpaired) electrons. The van der Waals surface area contributed by atoms with Gasteiger partial charge in [0.1, 0.15) is 12.0 Å². The Balaban J connectivity index is 2.39. The zero-order valence-corrected chi connectivity index (χ0v) is 10.8. The lowest BCUT2D eigenvalue weighted by Gasteiger charge is -2.11. The molecule has 19 heavy (non-hydrogen) atoms. The van der Waals surface area contributed by atoms with Crippen LogP contribution in [0.25, 0.3) is 0 Å². The van der Waals surface area contributed by atoms with E-state index in [1.165, 1.54) is 13.4 Å². The normalized spacial score (nSPS) is 10.0. The van der Waals surface area contributed by atoms with Gasteiger partial charge in [-0.1, -0.05) is 23.7 Å². The number of aromatic nitrogens is 2. The number of nitrogens with one attached hydrogen (secondary N) is 1. The first-order valence-electron chi connectivity index (χ1n) is 5.34. The van der Waals surface area contributed by atoms with E-state index in [4.69, 9.17) is 22.1 Å². The highest BCUT2D eigenvalue weighted by atomic mass is 35.5. The Morgan fingerprint density at radius 3 is 2.84 bits per heavy atom. The lowest BCUT2D eigenvalue weighted by atomic mass is 10.2. The minimum absolute atomic E-state index is 0.146. The first-order chi connectivity index (χ1) is 9.13. The van der Waals surface area contributed by atoms with Crippen molar-refractivity contribution in [3.63, 3.8) is 0 Å². The third-order valence-electron chi connectivity index (χ3n) is 2.42. The van der Waals surface area contributed by atoms with Gasteiger partial charge in [0.2, 0.25) is 0 Å². The molecule has 0 atom stereocenters. The molecule has 6 nitrogen and oxygen atoms in total. The van der Waals surface area contributed by atoms with Crippen LogP contribution in [-0.4, -0.2) is 23.0 Å². The lowest BCUT2D eigenvalue weighted by molar-refractivity contribution is 0.0602. The Hall–Kier alpha value is -2.34. The van der Waals surface area contributed by atoms with Crippen LogP contribution < -0.4 is 11.1 Å². The predicted molar refractivity (Wildman–Crippen MR) is 72.5 cm³/mol. The second-order valence-electron chi connectivity index (χ2n) is 3.59. The average molecular weight is 279 g/mol. The molecule has 2 rings (SSSR count). The summed E-state index contributed by atoms with van der Waals surface area (Å²) in [5.41, 5.74) is 6.86. The minimum atomic E-state index is -0.457. The quantitative estimate of drug-likeness (QED) is 0.661. The number of anilines is 3. The minimum Gasteiger partial charge on any atom is -0.465 e. The number of halogens is 1. The zero-order valence-electron chi connectivity index (χ0n) is 10.1. The average Bonchev–Trinajstić information content (AvgIpc) is 2.43. The molecule has 0 amide bonds. The van der Waals surface area contributed by atoms with E-state index < -0.39 is 5.97 Å². The van der Waals surface area contributed by atoms with Crippen LogP contribution in [0.1, 0.15) is 10.4 Å². The molecule has 1 aromatic carbocycles. The van der Waals surface area contributed by atoms with Gasteiger partial charge < -0.3 is 15.8 Å². The topological polar surface area (TPSA) is 90.1 Å². The number of nitrogens with zero attached hydrogens (tertiary/aromatic N) is 2. The number of para-hydroxylation sites is 1. The number of methoxy groups -OCH3 is 1. The molecule has 0 saturated carbocycles. The van der Waals surface area contributed by atoms with E-state index in [1.807, 2.05) is 0 Å². The maximum Gasteiger partial charge on any atom is 0.339 e. The zero-order chi connectivity index (χ0) is 13.8. The van der Waals surface area contributed by atoms with Crippen LogP contribution in [0.2, 0.25) is 5.15 Å². The fourth-order valence-corrected chi connectivity index (χ4v) is 1.61. The molecular weight excluding hydrogens is 268 g/mol. The highest BCUT2D eigenvalue weighted by molar-refractivity contribution is 6.32. The van der Waals surface area contributed by atoms with Crippen molar-refractivity contribution in [3.05, 3.63) is 41.3 Å². The smallest absolute Gasteiger partial charge is 0.339 e. The van der Waals surface area contributed by atoms with Crippen LogP contribution in [0.5, 0.6) is 0 Å². The van der Waals surface area contributed by atoms with Crippen LogP contribution >= 0.6 is 11.6 Å². The number of benzene rings is 1. The molecule has 98 valence electrons. The molecule has 0 aliphatic carbocycles. The van der Waals surface area contributed by atoms with Crippen molar-refractivity contribution in [2.24, 2.45) is 0 Å². The highest BCUT2D eigenvalue weighted by Crippen LogP contribution is 2.27. The molecule has 0 saturated heterocycles. The summed E-state index contributed by atoms with van der Waals surface area (Å²) in [7, 11) is 1.31. The monoisotopic (exact) mass is 278 g/mol. The van der Waals surface area contributed by atoms with E-state index in [0.29, 0.717) is 17.1 Å². The van der Waals surface area contributed by atoms with E-state index >= 15 is 0 Å². The van der Waals surface area contributed by atoms with Gasteiger partial charge in [0.15, 0.2) is 11.0 Å². The number of hydrogen-bond donors (Lipinski definition) is 2. The molecule has 3 N–H and O–H groups in total. The maximum atomic E-state index is 11.6. The number of hydrogen-bond acceptors (Lipinski definition) is 6. The lowest BCUT2D eigenvalue weighted by Crippen LogP contribution is -2.07. The van der Waals surface area contributed by atoms with E-state index in [9.17, 15) is 4.79 Å². The van der Waals surface area contributed by atoms with Crippen molar-refractivity contribution in [1.82, 2.24) is 9.97 Å². The Bertz CT molecular complexity index is 618. The molecule has 7 heteroatoms. The second-order valence-corrected chi connectivity index (χ2v) is 3.95. The van der Waals surface area contributed by atoms with Crippen molar-refractivity contribution in [2.75, 3.05) is 18.2 Å². The van der Waals surface area contributed by atoms with Gasteiger partial charge in [-0.3, -0.25) is 0 Å². The van der Waals surface area contributed by atoms with Gasteiger partial charge in [-0.15, -0.1) is 0 Å². The second kappa shape index (κ2) is 5.53. The van der Waals surface area contributed by atoms with Gasteiger partial charge in [-0.05, 0) is 12.1 Å². The summed E-state index contributed by atoms with van der Waals surface area (Å²) in [6, 6.07) is 6.84. The Kier molecular flexibility index (Phi) is 3.82. The maximum absolute atomic E-state index is 11.6. The Morgan fingerprint density at radius 2 is 2.11 bits per heavy atom. The van der Waals surface area contributed by atoms with E-state index in [0.717, 1.165) is 0 Å². The molecule has 2 aromatic rings. The summed E-state index contributed by atoms with van der Waals surface area (Å²) in [5, 5.41) is 3.08. The standard InChI is InChI=1S/C12H11ClN4O2/c1-19-12(18)7-4-2-3-5-8(7)17-11-9(14)10(13)15-6-16-11/h2-6H,14H2,1H3,(H,15,16,17). The van der Waals surface area contributed by atoms with Gasteiger partial charge in [0.25, 0.3) is 0 Å². The third kappa shape index (κ3) is 2.74. The van der Waals surface area contributed by atoms with Gasteiger partial charge in [0, 0.05) is 0 Å². The fourth-order valence-electron chi connectivity index (χ4n) is 1.48. The van der Waals surface area contributed by atoms with Crippen LogP contribution in [0.15, 0.2) is 30.6 Å². The molecule has 0 spiro atoms. The van der Waals surface area contributed by atoms with Crippen LogP contribution in [0.4, 0.5) is 17.2 Å². The van der Waals surface area contributed by atoms with Gasteiger partial charge >= 0.3 is 5.97 Å². The van der Waals surface area contributed by atoms with Gasteiger partial charge in [0.05, 0.1) is 18.4 Å². The molecule has 0 unspecified atom stereocenters. The van der Waals surface area contributed by atoms with E-state index in [1.54, 1.807) is 24.3 Å². The number of nitrogens with two attached hydrogens (primary N) is 1. The number of carbonyl (C=O) groups is 1. The summed E-state index contributed by atoms with van der Waals surface area (Å²) in [6.45, 7) is 0. The van der Waals surface area contributed by atoms with Gasteiger partial charge in [-0.25, -0.2) is 14.8 Å². The number of ether oxygens (including phenoxy) is 1. The molecule has 0 bridgehead atoms. The Morgan fingerprint density at radius 1 is 1.37 bits per heavy atom. The molecule has 0 aliphatic rings. The van der Waals surface area contributed by atoms with Crippen molar-refractivity contribution in [1.29, 1.82) is 0 Å². The SMILES string of the molecule is COC(=O)c1ccccc1Nc1ncnc(Cl)c1N. The van der Waals surface area contributed by atoms with Gasteiger partial charge in [-0.2, -0.15) is 0 Å². The van der Waals surface area contributed by atoms with Crippen molar-refractivity contribution >= 4 is 34.8 Å². The van der Waals surface area contributed by atoms with E-state index in [2.05, 4.69) is 15.3 Å². The largest absolute Gasteiger partial charge is 0.465 e. The molecule has 0 fully saturated rings. The summed E-state index contributed by atoms with van der Waals surface area (Å²) >= 11 is 5.80. The number of nitrogen functional groups attached to an aromatic ring is 1. The number of carbonyl (C=O) groups excluding carboxylic acids is 1. The van der Waals surface area contributed by atoms with Crippen LogP contribution in [0.3, 0.4) is 0 Å². The van der Waals surface area contributed by atoms with Crippen molar-refractivity contribution < 1.29 is 9.53 Å². The Labute approximate surface area is 114 Å². The third-order valence-corrected chi connectivity index (χ3v) is 2.72. The molecule has 1 aromatic heterocycles. The van der Waals surface area contributed by atoms with Crippen molar-refractivity contribution in [3.8, 4) is 0 Å². The summed E-state index contributed by atoms with van der Waals surface area (Å²) < 4.78 is 4.70. The first kappa shape index (κ1) is 13.1. The van der Waals surface area contributed by atoms with Crippen molar-refractivity contribution in [2.45, 2.75) is 0 Å². The highest BCUT2D eigenvalue weighted by Gasteiger charge is 2.13. The molecule has 0 aliphatic heterocycles. The number of esters is 1. The fraction of sp³-hybridized carbons (Fsp3) is 0.0833.